The summed E-state index contributed by atoms with van der Waals surface area (Å²) in [5, 5.41) is 5.06. The van der Waals surface area contributed by atoms with Crippen molar-refractivity contribution in [3.8, 4) is 0 Å². The Kier molecular flexibility index (Phi) is 4.01. The topological polar surface area (TPSA) is 51.0 Å². The Hall–Kier alpha value is -2.66. The monoisotopic (exact) mass is 352 g/mol. The highest BCUT2D eigenvalue weighted by Gasteiger charge is 2.37. The van der Waals surface area contributed by atoms with Crippen LogP contribution in [0.15, 0.2) is 60.9 Å². The van der Waals surface area contributed by atoms with Gasteiger partial charge in [0.2, 0.25) is 11.9 Å². The van der Waals surface area contributed by atoms with Crippen molar-refractivity contribution in [1.82, 2.24) is 14.8 Å². The van der Waals surface area contributed by atoms with Crippen molar-refractivity contribution in [3.05, 3.63) is 77.1 Å². The lowest BCUT2D eigenvalue weighted by molar-refractivity contribution is -0.117. The molecule has 1 amide bonds. The molecule has 4 rings (SSSR count). The molecule has 0 saturated carbocycles. The second kappa shape index (κ2) is 6.33. The molecule has 0 aliphatic carbocycles. The van der Waals surface area contributed by atoms with E-state index < -0.39 is 0 Å². The molecule has 0 saturated heterocycles. The molecule has 1 aliphatic heterocycles. The van der Waals surface area contributed by atoms with Crippen LogP contribution in [0.1, 0.15) is 36.6 Å². The first-order valence-electron chi connectivity index (χ1n) is 8.15. The molecule has 6 heteroatoms. The predicted molar refractivity (Wildman–Crippen MR) is 96.6 cm³/mol. The zero-order valence-electron chi connectivity index (χ0n) is 13.7. The van der Waals surface area contributed by atoms with Crippen LogP contribution >= 0.6 is 11.6 Å². The molecule has 5 nitrogen and oxygen atoms in total. The molecule has 126 valence electrons. The SMILES string of the molecule is CC(=O)N1c2ncnn2[C@H](c2ccccc2)C[C@@H]1c1ccc(Cl)cc1. The summed E-state index contributed by atoms with van der Waals surface area (Å²) in [5.74, 6) is 0.522. The summed E-state index contributed by atoms with van der Waals surface area (Å²) in [6.45, 7) is 1.56. The highest BCUT2D eigenvalue weighted by atomic mass is 35.5. The molecule has 0 fully saturated rings. The molecular weight excluding hydrogens is 336 g/mol. The van der Waals surface area contributed by atoms with Crippen LogP contribution in [0.4, 0.5) is 5.95 Å². The van der Waals surface area contributed by atoms with Crippen molar-refractivity contribution < 1.29 is 4.79 Å². The molecule has 3 aromatic rings. The second-order valence-corrected chi connectivity index (χ2v) is 6.56. The van der Waals surface area contributed by atoms with E-state index >= 15 is 0 Å². The molecular formula is C19H17ClN4O. The van der Waals surface area contributed by atoms with E-state index in [-0.39, 0.29) is 18.0 Å². The number of hydrogen-bond donors (Lipinski definition) is 0. The van der Waals surface area contributed by atoms with E-state index in [0.29, 0.717) is 11.0 Å². The lowest BCUT2D eigenvalue weighted by atomic mass is 9.92. The number of carbonyl (C=O) groups excluding carboxylic acids is 1. The van der Waals surface area contributed by atoms with Crippen LogP contribution in [0.5, 0.6) is 0 Å². The van der Waals surface area contributed by atoms with E-state index in [1.54, 1.807) is 11.8 Å². The predicted octanol–water partition coefficient (Wildman–Crippen LogP) is 4.02. The van der Waals surface area contributed by atoms with Gasteiger partial charge in [0.05, 0.1) is 12.1 Å². The maximum atomic E-state index is 12.4. The van der Waals surface area contributed by atoms with Gasteiger partial charge in [-0.05, 0) is 29.7 Å². The fraction of sp³-hybridized carbons (Fsp3) is 0.211. The minimum absolute atomic E-state index is 0.0231. The number of benzene rings is 2. The van der Waals surface area contributed by atoms with Crippen LogP contribution in [0, 0.1) is 0 Å². The number of aromatic nitrogens is 3. The number of fused-ring (bicyclic) bond motifs is 1. The minimum atomic E-state index is -0.114. The van der Waals surface area contributed by atoms with Gasteiger partial charge in [0.1, 0.15) is 6.33 Å². The van der Waals surface area contributed by atoms with Gasteiger partial charge >= 0.3 is 0 Å². The van der Waals surface area contributed by atoms with Crippen molar-refractivity contribution in [2.75, 3.05) is 4.90 Å². The molecule has 2 heterocycles. The largest absolute Gasteiger partial charge is 0.275 e. The van der Waals surface area contributed by atoms with Gasteiger partial charge in [0, 0.05) is 11.9 Å². The first-order valence-corrected chi connectivity index (χ1v) is 8.52. The number of hydrogen-bond acceptors (Lipinski definition) is 3. The van der Waals surface area contributed by atoms with Gasteiger partial charge in [-0.1, -0.05) is 54.1 Å². The molecule has 25 heavy (non-hydrogen) atoms. The smallest absolute Gasteiger partial charge is 0.231 e. The Bertz CT molecular complexity index is 891. The molecule has 0 N–H and O–H groups in total. The molecule has 2 atom stereocenters. The third kappa shape index (κ3) is 2.81. The van der Waals surface area contributed by atoms with Crippen molar-refractivity contribution in [2.45, 2.75) is 25.4 Å². The lowest BCUT2D eigenvalue weighted by Gasteiger charge is -2.38. The highest BCUT2D eigenvalue weighted by Crippen LogP contribution is 2.41. The van der Waals surface area contributed by atoms with E-state index in [4.69, 9.17) is 11.6 Å². The minimum Gasteiger partial charge on any atom is -0.275 e. The molecule has 0 bridgehead atoms. The van der Waals surface area contributed by atoms with Crippen molar-refractivity contribution in [2.24, 2.45) is 0 Å². The Morgan fingerprint density at radius 3 is 2.40 bits per heavy atom. The van der Waals surface area contributed by atoms with E-state index in [1.807, 2.05) is 47.1 Å². The first kappa shape index (κ1) is 15.8. The van der Waals surface area contributed by atoms with Crippen molar-refractivity contribution >= 4 is 23.5 Å². The van der Waals surface area contributed by atoms with Gasteiger partial charge in [-0.15, -0.1) is 0 Å². The average Bonchev–Trinajstić information content (AvgIpc) is 3.11. The summed E-state index contributed by atoms with van der Waals surface area (Å²) in [5.41, 5.74) is 2.19. The normalized spacial score (nSPS) is 19.5. The summed E-state index contributed by atoms with van der Waals surface area (Å²) in [7, 11) is 0. The molecule has 0 unspecified atom stereocenters. The fourth-order valence-corrected chi connectivity index (χ4v) is 3.60. The maximum Gasteiger partial charge on any atom is 0.231 e. The maximum absolute atomic E-state index is 12.4. The van der Waals surface area contributed by atoms with E-state index in [0.717, 1.165) is 17.5 Å². The molecule has 1 aromatic heterocycles. The first-order chi connectivity index (χ1) is 12.1. The van der Waals surface area contributed by atoms with Gasteiger partial charge in [0.15, 0.2) is 0 Å². The number of amides is 1. The summed E-state index contributed by atoms with van der Waals surface area (Å²) in [6, 6.07) is 17.7. The Morgan fingerprint density at radius 1 is 1.04 bits per heavy atom. The van der Waals surface area contributed by atoms with Crippen molar-refractivity contribution in [1.29, 1.82) is 0 Å². The lowest BCUT2D eigenvalue weighted by Crippen LogP contribution is -2.41. The van der Waals surface area contributed by atoms with E-state index in [1.165, 1.54) is 6.33 Å². The number of carbonyl (C=O) groups is 1. The quantitative estimate of drug-likeness (QED) is 0.700. The van der Waals surface area contributed by atoms with Crippen LogP contribution in [-0.4, -0.2) is 20.7 Å². The van der Waals surface area contributed by atoms with Crippen LogP contribution in [0.25, 0.3) is 0 Å². The van der Waals surface area contributed by atoms with Gasteiger partial charge in [-0.2, -0.15) is 10.1 Å². The van der Waals surface area contributed by atoms with Crippen LogP contribution in [0.3, 0.4) is 0 Å². The molecule has 2 aromatic carbocycles. The Balaban J connectivity index is 1.84. The van der Waals surface area contributed by atoms with Gasteiger partial charge in [-0.3, -0.25) is 9.69 Å². The highest BCUT2D eigenvalue weighted by molar-refractivity contribution is 6.30. The van der Waals surface area contributed by atoms with E-state index in [2.05, 4.69) is 22.2 Å². The summed E-state index contributed by atoms with van der Waals surface area (Å²) >= 11 is 6.03. The average molecular weight is 353 g/mol. The third-order valence-corrected chi connectivity index (χ3v) is 4.85. The third-order valence-electron chi connectivity index (χ3n) is 4.60. The Morgan fingerprint density at radius 2 is 1.72 bits per heavy atom. The molecule has 0 radical (unpaired) electrons. The zero-order chi connectivity index (χ0) is 17.4. The molecule has 0 spiro atoms. The summed E-state index contributed by atoms with van der Waals surface area (Å²) in [6.07, 6.45) is 2.23. The van der Waals surface area contributed by atoms with Crippen LogP contribution < -0.4 is 4.90 Å². The Labute approximate surface area is 150 Å². The number of nitrogens with zero attached hydrogens (tertiary/aromatic N) is 4. The van der Waals surface area contributed by atoms with Gasteiger partial charge in [-0.25, -0.2) is 4.68 Å². The van der Waals surface area contributed by atoms with Crippen LogP contribution in [-0.2, 0) is 4.79 Å². The van der Waals surface area contributed by atoms with Crippen molar-refractivity contribution in [3.63, 3.8) is 0 Å². The number of halogens is 1. The standard InChI is InChI=1S/C19H17ClN4O/c1-13(25)23-17(15-7-9-16(20)10-8-15)11-18(14-5-3-2-4-6-14)24-19(23)21-12-22-24/h2-10,12,17-18H,11H2,1H3/t17-,18+/m1/s1. The van der Waals surface area contributed by atoms with E-state index in [9.17, 15) is 4.79 Å². The fourth-order valence-electron chi connectivity index (χ4n) is 3.48. The van der Waals surface area contributed by atoms with Gasteiger partial charge < -0.3 is 0 Å². The number of anilines is 1. The zero-order valence-corrected chi connectivity index (χ0v) is 14.5. The van der Waals surface area contributed by atoms with Gasteiger partial charge in [0.25, 0.3) is 0 Å². The summed E-state index contributed by atoms with van der Waals surface area (Å²) in [4.78, 5) is 18.4. The summed E-state index contributed by atoms with van der Waals surface area (Å²) < 4.78 is 1.84. The second-order valence-electron chi connectivity index (χ2n) is 6.12. The number of rotatable bonds is 2. The molecule has 1 aliphatic rings. The van der Waals surface area contributed by atoms with Crippen LogP contribution in [0.2, 0.25) is 5.02 Å².